The number of nitrogens with zero attached hydrogens (tertiary/aromatic N) is 3. The summed E-state index contributed by atoms with van der Waals surface area (Å²) in [6.07, 6.45) is 0.882. The number of carbonyl (C=O) groups excluding carboxylic acids is 1. The molecule has 1 aromatic carbocycles. The van der Waals surface area contributed by atoms with Crippen molar-refractivity contribution in [3.05, 3.63) is 24.3 Å². The zero-order chi connectivity index (χ0) is 18.6. The van der Waals surface area contributed by atoms with Crippen LogP contribution >= 0.6 is 11.8 Å². The average molecular weight is 364 g/mol. The number of anilines is 1. The van der Waals surface area contributed by atoms with Gasteiger partial charge in [0.2, 0.25) is 0 Å². The van der Waals surface area contributed by atoms with Gasteiger partial charge >= 0.3 is 6.03 Å². The Bertz CT molecular complexity index is 623. The highest BCUT2D eigenvalue weighted by Crippen LogP contribution is 2.30. The second kappa shape index (κ2) is 8.13. The number of thioether (sulfide) groups is 1. The lowest BCUT2D eigenvalue weighted by Gasteiger charge is -2.39. The fourth-order valence-corrected chi connectivity index (χ4v) is 3.71. The number of ether oxygens (including phenoxy) is 1. The molecule has 138 valence electrons. The van der Waals surface area contributed by atoms with Crippen LogP contribution in [0.5, 0.6) is 5.75 Å². The molecule has 1 aliphatic rings. The lowest BCUT2D eigenvalue weighted by Crippen LogP contribution is -2.54. The highest BCUT2D eigenvalue weighted by atomic mass is 32.2. The van der Waals surface area contributed by atoms with Crippen molar-refractivity contribution in [2.45, 2.75) is 59.5 Å². The van der Waals surface area contributed by atoms with Crippen LogP contribution in [-0.2, 0) is 0 Å². The monoisotopic (exact) mass is 363 g/mol. The first kappa shape index (κ1) is 19.6. The fourth-order valence-electron chi connectivity index (χ4n) is 2.47. The third-order valence-corrected chi connectivity index (χ3v) is 4.82. The molecule has 0 radical (unpaired) electrons. The number of aliphatic imine (C=N–C) groups is 1. The summed E-state index contributed by atoms with van der Waals surface area (Å²) in [4.78, 5) is 21.6. The van der Waals surface area contributed by atoms with E-state index in [2.05, 4.69) is 34.6 Å². The molecule has 1 saturated heterocycles. The number of hydrogen-bond acceptors (Lipinski definition) is 4. The van der Waals surface area contributed by atoms with Gasteiger partial charge in [0.15, 0.2) is 5.17 Å². The number of rotatable bonds is 5. The van der Waals surface area contributed by atoms with Crippen LogP contribution < -0.4 is 9.64 Å². The molecule has 0 bridgehead atoms. The van der Waals surface area contributed by atoms with Crippen LogP contribution in [0, 0.1) is 0 Å². The average Bonchev–Trinajstić information content (AvgIpc) is 2.54. The summed E-state index contributed by atoms with van der Waals surface area (Å²) in [5.41, 5.74) is 0.666. The van der Waals surface area contributed by atoms with Gasteiger partial charge in [-0.3, -0.25) is 14.8 Å². The van der Waals surface area contributed by atoms with Crippen molar-refractivity contribution in [3.8, 4) is 5.75 Å². The summed E-state index contributed by atoms with van der Waals surface area (Å²) < 4.78 is 5.49. The summed E-state index contributed by atoms with van der Waals surface area (Å²) >= 11 is 1.61. The standard InChI is InChI=1S/C19H29N3O2S/c1-7-14(3)22-17(20-19(4,5)6)25-13-21(18(22)23)15-9-11-16(12-10-15)24-8-2/h9-12,14H,7-8,13H2,1-6H3. The molecule has 0 N–H and O–H groups in total. The number of carbonyl (C=O) groups is 1. The first-order valence-corrected chi connectivity index (χ1v) is 9.81. The molecular weight excluding hydrogens is 334 g/mol. The normalized spacial score (nSPS) is 18.6. The lowest BCUT2D eigenvalue weighted by molar-refractivity contribution is 0.217. The van der Waals surface area contributed by atoms with Gasteiger partial charge in [0, 0.05) is 11.7 Å². The zero-order valence-electron chi connectivity index (χ0n) is 16.1. The van der Waals surface area contributed by atoms with E-state index in [0.29, 0.717) is 12.5 Å². The SMILES string of the molecule is CCOc1ccc(N2CSC(=NC(C)(C)C)N(C(C)CC)C2=O)cc1. The maximum absolute atomic E-state index is 13.2. The van der Waals surface area contributed by atoms with E-state index in [1.807, 2.05) is 36.1 Å². The molecule has 1 aromatic rings. The number of hydrogen-bond donors (Lipinski definition) is 0. The van der Waals surface area contributed by atoms with Gasteiger partial charge in [-0.1, -0.05) is 18.7 Å². The van der Waals surface area contributed by atoms with E-state index in [-0.39, 0.29) is 17.6 Å². The topological polar surface area (TPSA) is 45.1 Å². The van der Waals surface area contributed by atoms with Crippen molar-refractivity contribution in [3.63, 3.8) is 0 Å². The number of urea groups is 1. The van der Waals surface area contributed by atoms with Crippen molar-refractivity contribution in [1.82, 2.24) is 4.90 Å². The molecule has 1 heterocycles. The van der Waals surface area contributed by atoms with E-state index in [4.69, 9.17) is 9.73 Å². The number of amides is 2. The first-order chi connectivity index (χ1) is 11.8. The van der Waals surface area contributed by atoms with Gasteiger partial charge in [-0.25, -0.2) is 4.79 Å². The van der Waals surface area contributed by atoms with Crippen LogP contribution in [0.4, 0.5) is 10.5 Å². The van der Waals surface area contributed by atoms with Crippen molar-refractivity contribution < 1.29 is 9.53 Å². The third kappa shape index (κ3) is 4.91. The Morgan fingerprint density at radius 2 is 1.88 bits per heavy atom. The molecule has 25 heavy (non-hydrogen) atoms. The fraction of sp³-hybridized carbons (Fsp3) is 0.579. The zero-order valence-corrected chi connectivity index (χ0v) is 16.9. The smallest absolute Gasteiger partial charge is 0.331 e. The summed E-state index contributed by atoms with van der Waals surface area (Å²) in [5.74, 6) is 1.38. The Morgan fingerprint density at radius 1 is 1.24 bits per heavy atom. The van der Waals surface area contributed by atoms with Gasteiger partial charge in [-0.2, -0.15) is 0 Å². The number of benzene rings is 1. The van der Waals surface area contributed by atoms with E-state index in [9.17, 15) is 4.79 Å². The molecule has 1 fully saturated rings. The lowest BCUT2D eigenvalue weighted by atomic mass is 10.1. The molecule has 1 atom stereocenters. The van der Waals surface area contributed by atoms with E-state index < -0.39 is 0 Å². The van der Waals surface area contributed by atoms with Gasteiger partial charge in [0.1, 0.15) is 5.75 Å². The minimum atomic E-state index is -0.213. The minimum absolute atomic E-state index is 0.0136. The molecule has 1 unspecified atom stereocenters. The Morgan fingerprint density at radius 3 is 2.40 bits per heavy atom. The van der Waals surface area contributed by atoms with Gasteiger partial charge in [0.25, 0.3) is 0 Å². The Hall–Kier alpha value is -1.69. The molecule has 2 amide bonds. The Labute approximate surface area is 155 Å². The molecule has 0 aliphatic carbocycles. The minimum Gasteiger partial charge on any atom is -0.494 e. The summed E-state index contributed by atoms with van der Waals surface area (Å²) in [7, 11) is 0. The molecule has 1 aliphatic heterocycles. The van der Waals surface area contributed by atoms with Crippen LogP contribution in [-0.4, -0.2) is 40.2 Å². The van der Waals surface area contributed by atoms with Crippen LogP contribution in [0.3, 0.4) is 0 Å². The van der Waals surface area contributed by atoms with E-state index in [0.717, 1.165) is 23.0 Å². The van der Waals surface area contributed by atoms with Gasteiger partial charge in [-0.15, -0.1) is 0 Å². The molecule has 6 heteroatoms. The second-order valence-corrected chi connectivity index (χ2v) is 8.02. The van der Waals surface area contributed by atoms with Crippen molar-refractivity contribution >= 4 is 28.6 Å². The van der Waals surface area contributed by atoms with E-state index >= 15 is 0 Å². The second-order valence-electron chi connectivity index (χ2n) is 7.10. The van der Waals surface area contributed by atoms with E-state index in [1.54, 1.807) is 16.7 Å². The van der Waals surface area contributed by atoms with E-state index in [1.165, 1.54) is 0 Å². The maximum atomic E-state index is 13.2. The molecule has 0 spiro atoms. The van der Waals surface area contributed by atoms with Gasteiger partial charge in [0.05, 0.1) is 18.0 Å². The number of amidine groups is 1. The van der Waals surface area contributed by atoms with Gasteiger partial charge < -0.3 is 4.74 Å². The van der Waals surface area contributed by atoms with Gasteiger partial charge in [-0.05, 0) is 65.3 Å². The quantitative estimate of drug-likeness (QED) is 0.742. The highest BCUT2D eigenvalue weighted by Gasteiger charge is 2.35. The van der Waals surface area contributed by atoms with Crippen molar-refractivity contribution in [1.29, 1.82) is 0 Å². The maximum Gasteiger partial charge on any atom is 0.331 e. The highest BCUT2D eigenvalue weighted by molar-refractivity contribution is 8.14. The Kier molecular flexibility index (Phi) is 6.38. The summed E-state index contributed by atoms with van der Waals surface area (Å²) in [5, 5.41) is 0.814. The van der Waals surface area contributed by atoms with Crippen LogP contribution in [0.1, 0.15) is 48.0 Å². The molecule has 5 nitrogen and oxygen atoms in total. The summed E-state index contributed by atoms with van der Waals surface area (Å²) in [6, 6.07) is 7.77. The van der Waals surface area contributed by atoms with Crippen LogP contribution in [0.25, 0.3) is 0 Å². The van der Waals surface area contributed by atoms with Crippen LogP contribution in [0.2, 0.25) is 0 Å². The molecule has 2 rings (SSSR count). The predicted octanol–water partition coefficient (Wildman–Crippen LogP) is 4.97. The largest absolute Gasteiger partial charge is 0.494 e. The predicted molar refractivity (Wildman–Crippen MR) is 107 cm³/mol. The third-order valence-electron chi connectivity index (χ3n) is 3.89. The first-order valence-electron chi connectivity index (χ1n) is 8.83. The summed E-state index contributed by atoms with van der Waals surface area (Å²) in [6.45, 7) is 12.9. The molecule has 0 aromatic heterocycles. The van der Waals surface area contributed by atoms with Crippen LogP contribution in [0.15, 0.2) is 29.3 Å². The van der Waals surface area contributed by atoms with Crippen molar-refractivity contribution in [2.24, 2.45) is 4.99 Å². The molecular formula is C19H29N3O2S. The Balaban J connectivity index is 2.29. The van der Waals surface area contributed by atoms with Crippen molar-refractivity contribution in [2.75, 3.05) is 17.4 Å². The molecule has 0 saturated carbocycles.